The van der Waals surface area contributed by atoms with Crippen LogP contribution in [0.3, 0.4) is 0 Å². The minimum atomic E-state index is -3.13. The van der Waals surface area contributed by atoms with Crippen molar-refractivity contribution in [3.63, 3.8) is 0 Å². The first-order valence-electron chi connectivity index (χ1n) is 6.82. The highest BCUT2D eigenvalue weighted by Crippen LogP contribution is 2.27. The summed E-state index contributed by atoms with van der Waals surface area (Å²) in [6.07, 6.45) is 1.81. The van der Waals surface area contributed by atoms with Crippen LogP contribution in [0, 0.1) is 0 Å². The van der Waals surface area contributed by atoms with Gasteiger partial charge in [-0.2, -0.15) is 0 Å². The monoisotopic (exact) mass is 309 g/mol. The van der Waals surface area contributed by atoms with Crippen molar-refractivity contribution >= 4 is 26.7 Å². The summed E-state index contributed by atoms with van der Waals surface area (Å²) in [5, 5.41) is 9.90. The van der Waals surface area contributed by atoms with Gasteiger partial charge in [0, 0.05) is 28.9 Å². The summed E-state index contributed by atoms with van der Waals surface area (Å²) in [5.41, 5.74) is 1.68. The predicted octanol–water partition coefficient (Wildman–Crippen LogP) is 2.86. The third-order valence-electron chi connectivity index (χ3n) is 3.54. The zero-order valence-electron chi connectivity index (χ0n) is 12.3. The molecule has 0 radical (unpaired) electrons. The quantitative estimate of drug-likeness (QED) is 0.921. The van der Waals surface area contributed by atoms with Crippen LogP contribution in [-0.2, 0) is 15.6 Å². The maximum atomic E-state index is 11.9. The van der Waals surface area contributed by atoms with Gasteiger partial charge in [-0.25, -0.2) is 13.2 Å². The molecule has 0 aliphatic heterocycles. The Morgan fingerprint density at radius 1 is 1.33 bits per heavy atom. The molecule has 0 atom stereocenters. The molecule has 0 saturated carbocycles. The van der Waals surface area contributed by atoms with Crippen molar-refractivity contribution in [3.8, 4) is 0 Å². The summed E-state index contributed by atoms with van der Waals surface area (Å²) in [4.78, 5) is 11.1. The number of benzene rings is 1. The number of hydrogen-bond donors (Lipinski definition) is 1. The fourth-order valence-corrected chi connectivity index (χ4v) is 3.25. The van der Waals surface area contributed by atoms with Gasteiger partial charge in [-0.3, -0.25) is 0 Å². The minimum Gasteiger partial charge on any atom is -0.478 e. The molecule has 0 bridgehead atoms. The van der Waals surface area contributed by atoms with Gasteiger partial charge in [0.15, 0.2) is 9.84 Å². The average molecular weight is 309 g/mol. The van der Waals surface area contributed by atoms with Crippen LogP contribution in [0.4, 0.5) is 0 Å². The molecule has 0 fully saturated rings. The highest BCUT2D eigenvalue weighted by molar-refractivity contribution is 7.90. The molecule has 0 aliphatic rings. The van der Waals surface area contributed by atoms with E-state index < -0.39 is 15.8 Å². The van der Waals surface area contributed by atoms with E-state index in [2.05, 4.69) is 0 Å². The lowest BCUT2D eigenvalue weighted by molar-refractivity contribution is 0.0697. The Labute approximate surface area is 124 Å². The lowest BCUT2D eigenvalue weighted by Gasteiger charge is -2.09. The van der Waals surface area contributed by atoms with Crippen molar-refractivity contribution in [3.05, 3.63) is 35.5 Å². The van der Waals surface area contributed by atoms with Crippen molar-refractivity contribution in [1.29, 1.82) is 0 Å². The van der Waals surface area contributed by atoms with Gasteiger partial charge in [0.05, 0.1) is 11.3 Å². The lowest BCUT2D eigenvalue weighted by atomic mass is 10.1. The minimum absolute atomic E-state index is 0.0217. The largest absolute Gasteiger partial charge is 0.478 e. The molecule has 1 aromatic carbocycles. The molecule has 0 aliphatic carbocycles. The van der Waals surface area contributed by atoms with Crippen molar-refractivity contribution in [1.82, 2.24) is 4.57 Å². The van der Waals surface area contributed by atoms with Gasteiger partial charge in [0.1, 0.15) is 0 Å². The molecule has 1 N–H and O–H groups in total. The Kier molecular flexibility index (Phi) is 4.09. The van der Waals surface area contributed by atoms with E-state index >= 15 is 0 Å². The zero-order chi connectivity index (χ0) is 15.8. The standard InChI is InChI=1S/C15H19NO4S/c1-4-21(19,20)9-12-8-16(10(2)3)14-7-11(15(17)18)5-6-13(12)14/h5-8,10H,4,9H2,1-3H3,(H,17,18). The smallest absolute Gasteiger partial charge is 0.335 e. The fraction of sp³-hybridized carbons (Fsp3) is 0.400. The second-order valence-electron chi connectivity index (χ2n) is 5.37. The van der Waals surface area contributed by atoms with Crippen LogP contribution in [0.5, 0.6) is 0 Å². The summed E-state index contributed by atoms with van der Waals surface area (Å²) in [6.45, 7) is 5.58. The Hall–Kier alpha value is -1.82. The van der Waals surface area contributed by atoms with Crippen LogP contribution < -0.4 is 0 Å². The molecule has 2 rings (SSSR count). The van der Waals surface area contributed by atoms with Crippen molar-refractivity contribution in [2.24, 2.45) is 0 Å². The van der Waals surface area contributed by atoms with Crippen LogP contribution in [-0.4, -0.2) is 29.8 Å². The highest BCUT2D eigenvalue weighted by atomic mass is 32.2. The number of sulfone groups is 1. The number of aromatic nitrogens is 1. The van der Waals surface area contributed by atoms with Crippen LogP contribution in [0.25, 0.3) is 10.9 Å². The van der Waals surface area contributed by atoms with Gasteiger partial charge in [0.2, 0.25) is 0 Å². The number of nitrogens with zero attached hydrogens (tertiary/aromatic N) is 1. The maximum Gasteiger partial charge on any atom is 0.335 e. The van der Waals surface area contributed by atoms with Crippen LogP contribution in [0.1, 0.15) is 42.7 Å². The van der Waals surface area contributed by atoms with Gasteiger partial charge >= 0.3 is 5.97 Å². The molecule has 0 saturated heterocycles. The number of aromatic carboxylic acids is 1. The van der Waals surface area contributed by atoms with Crippen LogP contribution in [0.15, 0.2) is 24.4 Å². The van der Waals surface area contributed by atoms with Crippen LogP contribution >= 0.6 is 0 Å². The molecule has 0 spiro atoms. The molecule has 1 heterocycles. The number of carboxylic acid groups (broad SMARTS) is 1. The zero-order valence-corrected chi connectivity index (χ0v) is 13.1. The number of carboxylic acids is 1. The van der Waals surface area contributed by atoms with E-state index in [9.17, 15) is 13.2 Å². The topological polar surface area (TPSA) is 76.4 Å². The molecule has 2 aromatic rings. The summed E-state index contributed by atoms with van der Waals surface area (Å²) in [6, 6.07) is 4.92. The molecule has 5 nitrogen and oxygen atoms in total. The Balaban J connectivity index is 2.66. The van der Waals surface area contributed by atoms with Crippen molar-refractivity contribution in [2.75, 3.05) is 5.75 Å². The van der Waals surface area contributed by atoms with E-state index in [0.29, 0.717) is 0 Å². The second-order valence-corrected chi connectivity index (χ2v) is 7.72. The molecule has 1 aromatic heterocycles. The molecule has 0 unspecified atom stereocenters. The molecule has 114 valence electrons. The number of carbonyl (C=O) groups is 1. The second kappa shape index (κ2) is 5.52. The first-order chi connectivity index (χ1) is 9.75. The van der Waals surface area contributed by atoms with Gasteiger partial charge in [0.25, 0.3) is 0 Å². The van der Waals surface area contributed by atoms with Crippen LogP contribution in [0.2, 0.25) is 0 Å². The number of rotatable bonds is 5. The van der Waals surface area contributed by atoms with Gasteiger partial charge < -0.3 is 9.67 Å². The summed E-state index contributed by atoms with van der Waals surface area (Å²) < 4.78 is 25.6. The lowest BCUT2D eigenvalue weighted by Crippen LogP contribution is -2.06. The van der Waals surface area contributed by atoms with E-state index in [-0.39, 0.29) is 23.1 Å². The normalized spacial score (nSPS) is 12.2. The Morgan fingerprint density at radius 2 is 2.00 bits per heavy atom. The van der Waals surface area contributed by atoms with E-state index in [0.717, 1.165) is 16.5 Å². The van der Waals surface area contributed by atoms with Crippen molar-refractivity contribution in [2.45, 2.75) is 32.6 Å². The van der Waals surface area contributed by atoms with Crippen molar-refractivity contribution < 1.29 is 18.3 Å². The molecule has 0 amide bonds. The summed E-state index contributed by atoms with van der Waals surface area (Å²) in [7, 11) is -3.13. The number of fused-ring (bicyclic) bond motifs is 1. The Bertz CT molecular complexity index is 787. The first-order valence-corrected chi connectivity index (χ1v) is 8.64. The van der Waals surface area contributed by atoms with E-state index in [1.54, 1.807) is 19.1 Å². The predicted molar refractivity (Wildman–Crippen MR) is 82.4 cm³/mol. The summed E-state index contributed by atoms with van der Waals surface area (Å²) >= 11 is 0. The molecular weight excluding hydrogens is 290 g/mol. The molecular formula is C15H19NO4S. The number of hydrogen-bond acceptors (Lipinski definition) is 3. The fourth-order valence-electron chi connectivity index (χ4n) is 2.34. The van der Waals surface area contributed by atoms with Gasteiger partial charge in [-0.1, -0.05) is 13.0 Å². The third-order valence-corrected chi connectivity index (χ3v) is 5.17. The van der Waals surface area contributed by atoms with Gasteiger partial charge in [-0.15, -0.1) is 0 Å². The van der Waals surface area contributed by atoms with E-state index in [4.69, 9.17) is 5.11 Å². The molecule has 21 heavy (non-hydrogen) atoms. The van der Waals surface area contributed by atoms with E-state index in [1.165, 1.54) is 6.07 Å². The van der Waals surface area contributed by atoms with Gasteiger partial charge in [-0.05, 0) is 31.5 Å². The van der Waals surface area contributed by atoms with E-state index in [1.807, 2.05) is 24.6 Å². The third kappa shape index (κ3) is 3.10. The molecule has 6 heteroatoms. The first kappa shape index (κ1) is 15.6. The average Bonchev–Trinajstić information content (AvgIpc) is 2.76. The highest BCUT2D eigenvalue weighted by Gasteiger charge is 2.17. The summed E-state index contributed by atoms with van der Waals surface area (Å²) in [5.74, 6) is -0.920. The SMILES string of the molecule is CCS(=O)(=O)Cc1cn(C(C)C)c2cc(C(=O)O)ccc12. The maximum absolute atomic E-state index is 11.9. The Morgan fingerprint density at radius 3 is 2.52 bits per heavy atom.